The number of halogens is 1. The number of hydrogen-bond donors (Lipinski definition) is 1. The third kappa shape index (κ3) is 5.92. The molecule has 0 spiro atoms. The van der Waals surface area contributed by atoms with Crippen molar-refractivity contribution >= 4 is 33.2 Å². The Morgan fingerprint density at radius 3 is 2.75 bits per heavy atom. The van der Waals surface area contributed by atoms with E-state index in [4.69, 9.17) is 4.74 Å². The Hall–Kier alpha value is -1.37. The molecule has 0 bridgehead atoms. The van der Waals surface area contributed by atoms with Crippen molar-refractivity contribution in [3.8, 4) is 5.75 Å². The maximum Gasteiger partial charge on any atom is 0.234 e. The van der Waals surface area contributed by atoms with Crippen molar-refractivity contribution in [2.24, 2.45) is 0 Å². The summed E-state index contributed by atoms with van der Waals surface area (Å²) in [5.41, 5.74) is 1.11. The molecule has 0 saturated carbocycles. The van der Waals surface area contributed by atoms with Crippen LogP contribution in [0.3, 0.4) is 0 Å². The third-order valence-electron chi connectivity index (χ3n) is 3.73. The smallest absolute Gasteiger partial charge is 0.234 e. The van der Waals surface area contributed by atoms with Gasteiger partial charge in [-0.15, -0.1) is 11.3 Å². The molecule has 0 radical (unpaired) electrons. The van der Waals surface area contributed by atoms with E-state index in [2.05, 4.69) is 39.1 Å². The zero-order valence-electron chi connectivity index (χ0n) is 14.0. The second kappa shape index (κ2) is 9.81. The van der Waals surface area contributed by atoms with Crippen LogP contribution in [0, 0.1) is 0 Å². The first kappa shape index (κ1) is 19.0. The Morgan fingerprint density at radius 2 is 2.08 bits per heavy atom. The first-order valence-electron chi connectivity index (χ1n) is 7.97. The molecule has 1 N–H and O–H groups in total. The van der Waals surface area contributed by atoms with Gasteiger partial charge in [0.15, 0.2) is 0 Å². The molecule has 4 nitrogen and oxygen atoms in total. The molecule has 0 fully saturated rings. The highest BCUT2D eigenvalue weighted by Crippen LogP contribution is 2.23. The van der Waals surface area contributed by atoms with Gasteiger partial charge in [0.05, 0.1) is 17.4 Å². The molecule has 1 aromatic heterocycles. The summed E-state index contributed by atoms with van der Waals surface area (Å²) in [5.74, 6) is 0.924. The maximum atomic E-state index is 12.2. The Bertz CT molecular complexity index is 660. The maximum absolute atomic E-state index is 12.2. The summed E-state index contributed by atoms with van der Waals surface area (Å²) in [4.78, 5) is 15.6. The highest BCUT2D eigenvalue weighted by atomic mass is 79.9. The summed E-state index contributed by atoms with van der Waals surface area (Å²) in [5, 5.41) is 3.00. The number of carbonyl (C=O) groups excluding carboxylic acids is 1. The van der Waals surface area contributed by atoms with E-state index in [1.807, 2.05) is 30.3 Å². The molecule has 6 heteroatoms. The molecule has 130 valence electrons. The van der Waals surface area contributed by atoms with Crippen LogP contribution in [0.4, 0.5) is 0 Å². The lowest BCUT2D eigenvalue weighted by Crippen LogP contribution is -2.37. The normalized spacial score (nSPS) is 10.8. The van der Waals surface area contributed by atoms with Crippen LogP contribution in [0.2, 0.25) is 0 Å². The minimum Gasteiger partial charge on any atom is -0.496 e. The van der Waals surface area contributed by atoms with Crippen LogP contribution in [0.1, 0.15) is 17.4 Å². The number of benzene rings is 1. The predicted octanol–water partition coefficient (Wildman–Crippen LogP) is 3.70. The van der Waals surface area contributed by atoms with Crippen molar-refractivity contribution in [2.45, 2.75) is 19.9 Å². The van der Waals surface area contributed by atoms with Crippen LogP contribution < -0.4 is 10.1 Å². The number of nitrogens with one attached hydrogen (secondary N) is 1. The average molecular weight is 411 g/mol. The lowest BCUT2D eigenvalue weighted by atomic mass is 10.1. The molecule has 0 saturated heterocycles. The van der Waals surface area contributed by atoms with Crippen molar-refractivity contribution in [1.29, 1.82) is 0 Å². The minimum atomic E-state index is 0.0577. The van der Waals surface area contributed by atoms with E-state index in [0.29, 0.717) is 13.1 Å². The van der Waals surface area contributed by atoms with E-state index in [9.17, 15) is 4.79 Å². The second-order valence-electron chi connectivity index (χ2n) is 5.42. The molecule has 2 aromatic rings. The van der Waals surface area contributed by atoms with Crippen molar-refractivity contribution < 1.29 is 9.53 Å². The molecule has 1 aromatic carbocycles. The SMILES string of the molecule is CCN(CC(=O)NCCc1ccccc1OC)Cc1ccc(Br)s1. The first-order valence-corrected chi connectivity index (χ1v) is 9.58. The van der Waals surface area contributed by atoms with Crippen LogP contribution in [-0.4, -0.2) is 37.6 Å². The predicted molar refractivity (Wildman–Crippen MR) is 103 cm³/mol. The van der Waals surface area contributed by atoms with Crippen LogP contribution in [0.15, 0.2) is 40.2 Å². The van der Waals surface area contributed by atoms with Gasteiger partial charge in [0.1, 0.15) is 5.75 Å². The van der Waals surface area contributed by atoms with Crippen molar-refractivity contribution in [1.82, 2.24) is 10.2 Å². The average Bonchev–Trinajstić information content (AvgIpc) is 2.99. The molecule has 1 amide bonds. The Kier molecular flexibility index (Phi) is 7.75. The molecule has 0 aliphatic carbocycles. The van der Waals surface area contributed by atoms with Gasteiger partial charge < -0.3 is 10.1 Å². The molecule has 0 unspecified atom stereocenters. The van der Waals surface area contributed by atoms with E-state index >= 15 is 0 Å². The molecule has 1 heterocycles. The van der Waals surface area contributed by atoms with E-state index < -0.39 is 0 Å². The number of rotatable bonds is 9. The van der Waals surface area contributed by atoms with Crippen LogP contribution in [-0.2, 0) is 17.8 Å². The summed E-state index contributed by atoms with van der Waals surface area (Å²) in [6.07, 6.45) is 0.764. The van der Waals surface area contributed by atoms with Gasteiger partial charge in [-0.2, -0.15) is 0 Å². The number of amides is 1. The molecule has 0 atom stereocenters. The van der Waals surface area contributed by atoms with Gasteiger partial charge in [-0.25, -0.2) is 0 Å². The van der Waals surface area contributed by atoms with Crippen LogP contribution in [0.25, 0.3) is 0 Å². The zero-order valence-corrected chi connectivity index (χ0v) is 16.5. The first-order chi connectivity index (χ1) is 11.6. The van der Waals surface area contributed by atoms with Crippen molar-refractivity contribution in [3.63, 3.8) is 0 Å². The number of methoxy groups -OCH3 is 1. The number of carbonyl (C=O) groups is 1. The fourth-order valence-electron chi connectivity index (χ4n) is 2.44. The molecular weight excluding hydrogens is 388 g/mol. The Morgan fingerprint density at radius 1 is 1.29 bits per heavy atom. The highest BCUT2D eigenvalue weighted by Gasteiger charge is 2.11. The Balaban J connectivity index is 1.77. The molecule has 2 rings (SSSR count). The van der Waals surface area contributed by atoms with Gasteiger partial charge in [0, 0.05) is 18.0 Å². The number of thiophene rings is 1. The van der Waals surface area contributed by atoms with E-state index in [1.165, 1.54) is 4.88 Å². The van der Waals surface area contributed by atoms with E-state index in [1.54, 1.807) is 18.4 Å². The molecule has 0 aliphatic heterocycles. The minimum absolute atomic E-state index is 0.0577. The zero-order chi connectivity index (χ0) is 17.4. The quantitative estimate of drug-likeness (QED) is 0.684. The number of likely N-dealkylation sites (N-methyl/N-ethyl adjacent to an activating group) is 1. The van der Waals surface area contributed by atoms with Gasteiger partial charge >= 0.3 is 0 Å². The van der Waals surface area contributed by atoms with Gasteiger partial charge in [-0.05, 0) is 52.7 Å². The van der Waals surface area contributed by atoms with Crippen molar-refractivity contribution in [3.05, 3.63) is 50.6 Å². The molecule has 24 heavy (non-hydrogen) atoms. The molecular formula is C18H23BrN2O2S. The summed E-state index contributed by atoms with van der Waals surface area (Å²) < 4.78 is 6.45. The molecule has 0 aliphatic rings. The fraction of sp³-hybridized carbons (Fsp3) is 0.389. The highest BCUT2D eigenvalue weighted by molar-refractivity contribution is 9.11. The van der Waals surface area contributed by atoms with Crippen LogP contribution in [0.5, 0.6) is 5.75 Å². The summed E-state index contributed by atoms with van der Waals surface area (Å²) >= 11 is 5.18. The largest absolute Gasteiger partial charge is 0.496 e. The van der Waals surface area contributed by atoms with Crippen LogP contribution >= 0.6 is 27.3 Å². The second-order valence-corrected chi connectivity index (χ2v) is 7.97. The fourth-order valence-corrected chi connectivity index (χ4v) is 3.97. The number of hydrogen-bond acceptors (Lipinski definition) is 4. The summed E-state index contributed by atoms with van der Waals surface area (Å²) in [6, 6.07) is 12.0. The monoisotopic (exact) mass is 410 g/mol. The summed E-state index contributed by atoms with van der Waals surface area (Å²) in [7, 11) is 1.67. The number of para-hydroxylation sites is 1. The lowest BCUT2D eigenvalue weighted by Gasteiger charge is -2.19. The van der Waals surface area contributed by atoms with Crippen molar-refractivity contribution in [2.75, 3.05) is 26.7 Å². The van der Waals surface area contributed by atoms with Gasteiger partial charge in [0.25, 0.3) is 0 Å². The van der Waals surface area contributed by atoms with Gasteiger partial charge in [-0.1, -0.05) is 25.1 Å². The van der Waals surface area contributed by atoms with Gasteiger partial charge in [0.2, 0.25) is 5.91 Å². The van der Waals surface area contributed by atoms with E-state index in [0.717, 1.165) is 34.6 Å². The summed E-state index contributed by atoms with van der Waals surface area (Å²) in [6.45, 7) is 4.74. The number of nitrogens with zero attached hydrogens (tertiary/aromatic N) is 1. The topological polar surface area (TPSA) is 41.6 Å². The van der Waals surface area contributed by atoms with Gasteiger partial charge in [-0.3, -0.25) is 9.69 Å². The van der Waals surface area contributed by atoms with E-state index in [-0.39, 0.29) is 5.91 Å². The lowest BCUT2D eigenvalue weighted by molar-refractivity contribution is -0.122. The number of ether oxygens (including phenoxy) is 1. The standard InChI is InChI=1S/C18H23BrN2O2S/c1-3-21(12-15-8-9-17(19)24-15)13-18(22)20-11-10-14-6-4-5-7-16(14)23-2/h4-9H,3,10-13H2,1-2H3,(H,20,22). The third-order valence-corrected chi connectivity index (χ3v) is 5.34. The Labute approximate surface area is 156 Å².